The fourth-order valence-corrected chi connectivity index (χ4v) is 4.40. The van der Waals surface area contributed by atoms with E-state index in [1.807, 2.05) is 9.80 Å². The lowest BCUT2D eigenvalue weighted by molar-refractivity contribution is 0.102. The number of aromatic nitrogens is 3. The number of amides is 1. The molecule has 5 heterocycles. The van der Waals surface area contributed by atoms with Crippen LogP contribution in [0.4, 0.5) is 17.7 Å². The predicted molar refractivity (Wildman–Crippen MR) is 141 cm³/mol. The van der Waals surface area contributed by atoms with Crippen LogP contribution in [0.2, 0.25) is 0 Å². The standard InChI is InChI=1S/C25H30N8O4/c1-27-15-16(14-26)19-3-2-4-21(28-19)29-24(35)18-13-20-22(30-23(18)32-7-5-17(34)6-8-32)31-25(37-20)33-9-11-36-12-10-33/h2-4,13-15,17,34H,5-12,26H2,1H3,(H,28,29,35)/b16-14+,27-15?. The van der Waals surface area contributed by atoms with Crippen LogP contribution in [-0.2, 0) is 4.74 Å². The number of carbonyl (C=O) groups is 1. The van der Waals surface area contributed by atoms with Gasteiger partial charge in [0.15, 0.2) is 5.58 Å². The number of carbonyl (C=O) groups excluding carboxylic acids is 1. The minimum Gasteiger partial charge on any atom is -0.422 e. The summed E-state index contributed by atoms with van der Waals surface area (Å²) in [4.78, 5) is 35.4. The Balaban J connectivity index is 1.49. The van der Waals surface area contributed by atoms with Crippen LogP contribution in [0, 0.1) is 0 Å². The third-order valence-electron chi connectivity index (χ3n) is 6.38. The highest BCUT2D eigenvalue weighted by Gasteiger charge is 2.27. The fraction of sp³-hybridized carbons (Fsp3) is 0.400. The molecule has 2 aliphatic heterocycles. The van der Waals surface area contributed by atoms with Gasteiger partial charge in [0.1, 0.15) is 11.6 Å². The highest BCUT2D eigenvalue weighted by molar-refractivity contribution is 6.10. The molecule has 5 rings (SSSR count). The zero-order chi connectivity index (χ0) is 25.8. The summed E-state index contributed by atoms with van der Waals surface area (Å²) < 4.78 is 11.4. The lowest BCUT2D eigenvalue weighted by atomic mass is 10.1. The Morgan fingerprint density at radius 1 is 1.16 bits per heavy atom. The van der Waals surface area contributed by atoms with Gasteiger partial charge in [-0.25, -0.2) is 9.97 Å². The number of morpholine rings is 1. The largest absolute Gasteiger partial charge is 0.422 e. The minimum absolute atomic E-state index is 0.338. The number of piperidine rings is 1. The molecule has 4 N–H and O–H groups in total. The number of aliphatic hydroxyl groups excluding tert-OH is 1. The molecule has 0 aliphatic carbocycles. The molecular weight excluding hydrogens is 476 g/mol. The topological polar surface area (TPSA) is 155 Å². The molecule has 0 radical (unpaired) electrons. The van der Waals surface area contributed by atoms with Gasteiger partial charge in [0.2, 0.25) is 5.65 Å². The quantitative estimate of drug-likeness (QED) is 0.420. The number of rotatable bonds is 6. The van der Waals surface area contributed by atoms with Gasteiger partial charge < -0.3 is 35.1 Å². The molecule has 0 saturated carbocycles. The van der Waals surface area contributed by atoms with Crippen LogP contribution in [0.15, 0.2) is 39.9 Å². The Hall–Kier alpha value is -4.03. The molecule has 0 spiro atoms. The second kappa shape index (κ2) is 10.9. The number of fused-ring (bicyclic) bond motifs is 1. The van der Waals surface area contributed by atoms with Crippen molar-refractivity contribution in [3.8, 4) is 0 Å². The van der Waals surface area contributed by atoms with E-state index in [-0.39, 0.29) is 12.0 Å². The van der Waals surface area contributed by atoms with Crippen molar-refractivity contribution in [1.82, 2.24) is 15.0 Å². The first kappa shape index (κ1) is 24.7. The molecule has 0 bridgehead atoms. The monoisotopic (exact) mass is 506 g/mol. The fourth-order valence-electron chi connectivity index (χ4n) is 4.40. The summed E-state index contributed by atoms with van der Waals surface area (Å²) in [7, 11) is 1.65. The van der Waals surface area contributed by atoms with E-state index in [0.29, 0.717) is 97.9 Å². The zero-order valence-corrected chi connectivity index (χ0v) is 20.6. The van der Waals surface area contributed by atoms with E-state index in [9.17, 15) is 9.90 Å². The van der Waals surface area contributed by atoms with Gasteiger partial charge in [-0.15, -0.1) is 0 Å². The normalized spacial score (nSPS) is 17.6. The van der Waals surface area contributed by atoms with E-state index in [1.54, 1.807) is 37.5 Å². The van der Waals surface area contributed by atoms with Crippen molar-refractivity contribution in [2.75, 3.05) is 61.6 Å². The number of hydrogen-bond acceptors (Lipinski definition) is 11. The molecule has 2 saturated heterocycles. The second-order valence-corrected chi connectivity index (χ2v) is 8.87. The smallest absolute Gasteiger partial charge is 0.300 e. The van der Waals surface area contributed by atoms with Crippen molar-refractivity contribution in [1.29, 1.82) is 0 Å². The summed E-state index contributed by atoms with van der Waals surface area (Å²) in [5.41, 5.74) is 8.11. The Labute approximate surface area is 213 Å². The number of aliphatic hydroxyl groups is 1. The zero-order valence-electron chi connectivity index (χ0n) is 20.6. The van der Waals surface area contributed by atoms with Gasteiger partial charge in [0.25, 0.3) is 11.9 Å². The summed E-state index contributed by atoms with van der Waals surface area (Å²) in [6.45, 7) is 3.67. The highest BCUT2D eigenvalue weighted by Crippen LogP contribution is 2.30. The molecule has 0 aromatic carbocycles. The number of hydrogen-bond donors (Lipinski definition) is 3. The van der Waals surface area contributed by atoms with Crippen molar-refractivity contribution < 1.29 is 19.1 Å². The first-order valence-electron chi connectivity index (χ1n) is 12.3. The van der Waals surface area contributed by atoms with Gasteiger partial charge in [-0.05, 0) is 25.0 Å². The van der Waals surface area contributed by atoms with Crippen molar-refractivity contribution in [2.24, 2.45) is 10.7 Å². The molecule has 12 heteroatoms. The lowest BCUT2D eigenvalue weighted by Crippen LogP contribution is -2.37. The van der Waals surface area contributed by atoms with Crippen molar-refractivity contribution in [3.63, 3.8) is 0 Å². The second-order valence-electron chi connectivity index (χ2n) is 8.87. The van der Waals surface area contributed by atoms with E-state index in [1.165, 1.54) is 6.20 Å². The number of aliphatic imine (C=N–C) groups is 1. The van der Waals surface area contributed by atoms with Gasteiger partial charge >= 0.3 is 0 Å². The minimum atomic E-state index is -0.382. The molecule has 0 atom stereocenters. The number of anilines is 3. The Bertz CT molecular complexity index is 1320. The maximum absolute atomic E-state index is 13.5. The number of nitrogens with one attached hydrogen (secondary N) is 1. The number of oxazole rings is 1. The van der Waals surface area contributed by atoms with Crippen molar-refractivity contribution >= 4 is 46.6 Å². The number of nitrogens with zero attached hydrogens (tertiary/aromatic N) is 6. The van der Waals surface area contributed by atoms with Gasteiger partial charge in [0, 0.05) is 57.3 Å². The number of pyridine rings is 2. The van der Waals surface area contributed by atoms with Crippen LogP contribution in [0.5, 0.6) is 0 Å². The van der Waals surface area contributed by atoms with Gasteiger partial charge in [0.05, 0.1) is 30.6 Å². The Morgan fingerprint density at radius 2 is 1.95 bits per heavy atom. The molecule has 37 heavy (non-hydrogen) atoms. The Morgan fingerprint density at radius 3 is 2.68 bits per heavy atom. The number of allylic oxidation sites excluding steroid dienone is 1. The molecular formula is C25H30N8O4. The predicted octanol–water partition coefficient (Wildman–Crippen LogP) is 1.67. The molecule has 0 unspecified atom stereocenters. The van der Waals surface area contributed by atoms with Crippen molar-refractivity contribution in [3.05, 3.63) is 41.7 Å². The summed E-state index contributed by atoms with van der Waals surface area (Å²) in [6, 6.07) is 7.40. The first-order valence-corrected chi connectivity index (χ1v) is 12.3. The lowest BCUT2D eigenvalue weighted by Gasteiger charge is -2.31. The summed E-state index contributed by atoms with van der Waals surface area (Å²) in [5, 5.41) is 12.9. The van der Waals surface area contributed by atoms with Crippen LogP contribution in [-0.4, -0.2) is 84.7 Å². The van der Waals surface area contributed by atoms with Crippen LogP contribution < -0.4 is 20.9 Å². The van der Waals surface area contributed by atoms with E-state index < -0.39 is 0 Å². The van der Waals surface area contributed by atoms with Crippen LogP contribution in [0.1, 0.15) is 28.9 Å². The molecule has 12 nitrogen and oxygen atoms in total. The molecule has 2 aliphatic rings. The first-order chi connectivity index (χ1) is 18.1. The summed E-state index contributed by atoms with van der Waals surface area (Å²) >= 11 is 0. The molecule has 3 aromatic heterocycles. The average molecular weight is 507 g/mol. The van der Waals surface area contributed by atoms with E-state index in [2.05, 4.69) is 20.3 Å². The third-order valence-corrected chi connectivity index (χ3v) is 6.38. The molecule has 2 fully saturated rings. The summed E-state index contributed by atoms with van der Waals surface area (Å²) in [5.74, 6) is 0.473. The SMILES string of the molecule is CN=C/C(=C\N)c1cccc(NC(=O)c2cc3oc(N4CCOCC4)nc3nc2N2CCC(O)CC2)n1. The highest BCUT2D eigenvalue weighted by atomic mass is 16.5. The van der Waals surface area contributed by atoms with Crippen LogP contribution >= 0.6 is 0 Å². The Kier molecular flexibility index (Phi) is 7.28. The van der Waals surface area contributed by atoms with Crippen LogP contribution in [0.3, 0.4) is 0 Å². The third kappa shape index (κ3) is 5.39. The van der Waals surface area contributed by atoms with Gasteiger partial charge in [-0.2, -0.15) is 4.98 Å². The van der Waals surface area contributed by atoms with E-state index in [0.717, 1.165) is 0 Å². The molecule has 1 amide bonds. The summed E-state index contributed by atoms with van der Waals surface area (Å²) in [6.07, 6.45) is 3.84. The van der Waals surface area contributed by atoms with E-state index in [4.69, 9.17) is 19.9 Å². The molecule has 3 aromatic rings. The number of nitrogens with two attached hydrogens (primary N) is 1. The number of ether oxygens (including phenoxy) is 1. The van der Waals surface area contributed by atoms with E-state index >= 15 is 0 Å². The molecule has 194 valence electrons. The maximum atomic E-state index is 13.5. The van der Waals surface area contributed by atoms with Crippen LogP contribution in [0.25, 0.3) is 16.8 Å². The maximum Gasteiger partial charge on any atom is 0.300 e. The van der Waals surface area contributed by atoms with Gasteiger partial charge in [-0.3, -0.25) is 9.79 Å². The average Bonchev–Trinajstić information content (AvgIpc) is 3.35. The van der Waals surface area contributed by atoms with Gasteiger partial charge in [-0.1, -0.05) is 6.07 Å². The van der Waals surface area contributed by atoms with Crippen molar-refractivity contribution in [2.45, 2.75) is 18.9 Å².